The SMILES string of the molecule is COC(=O)[C@@H](CC[Si](C)(C)c1ccccc1)NC(=O)[C@@H](CC[Si](C)(C)c1ccccc1)NC(=O)OC(C)(C)C. The largest absolute Gasteiger partial charge is 0.467 e. The molecule has 2 N–H and O–H groups in total. The molecule has 7 nitrogen and oxygen atoms in total. The number of hydrogen-bond acceptors (Lipinski definition) is 5. The van der Waals surface area contributed by atoms with Crippen molar-refractivity contribution in [3.63, 3.8) is 0 Å². The molecule has 39 heavy (non-hydrogen) atoms. The van der Waals surface area contributed by atoms with Crippen LogP contribution in [0.15, 0.2) is 60.7 Å². The number of esters is 1. The van der Waals surface area contributed by atoms with Crippen LogP contribution in [0.3, 0.4) is 0 Å². The summed E-state index contributed by atoms with van der Waals surface area (Å²) in [6.45, 7) is 14.3. The number of nitrogens with one attached hydrogen (secondary N) is 2. The van der Waals surface area contributed by atoms with Crippen LogP contribution in [-0.2, 0) is 19.1 Å². The van der Waals surface area contributed by atoms with Gasteiger partial charge in [-0.1, -0.05) is 109 Å². The Morgan fingerprint density at radius 2 is 1.18 bits per heavy atom. The lowest BCUT2D eigenvalue weighted by molar-refractivity contribution is -0.145. The van der Waals surface area contributed by atoms with Gasteiger partial charge in [0, 0.05) is 0 Å². The standard InChI is InChI=1S/C30H46N2O5Si2/c1-30(2,3)37-29(35)32-25(19-21-38(5,6)23-15-11-9-12-16-23)27(33)31-26(28(34)36-4)20-22-39(7,8)24-17-13-10-14-18-24/h9-18,25-26H,19-22H2,1-8H3,(H,31,33)(H,32,35)/t25-,26-/m1/s1. The molecule has 214 valence electrons. The molecule has 2 aromatic carbocycles. The third-order valence-electron chi connectivity index (χ3n) is 7.04. The number of methoxy groups -OCH3 is 1. The Morgan fingerprint density at radius 1 is 0.744 bits per heavy atom. The predicted molar refractivity (Wildman–Crippen MR) is 163 cm³/mol. The molecule has 0 saturated heterocycles. The molecule has 0 aromatic heterocycles. The van der Waals surface area contributed by atoms with E-state index in [-0.39, 0.29) is 0 Å². The molecular formula is C30H46N2O5Si2. The Labute approximate surface area is 236 Å². The van der Waals surface area contributed by atoms with Crippen LogP contribution in [0.2, 0.25) is 38.3 Å². The van der Waals surface area contributed by atoms with Crippen LogP contribution in [0.1, 0.15) is 33.6 Å². The van der Waals surface area contributed by atoms with Gasteiger partial charge in [0.1, 0.15) is 17.7 Å². The lowest BCUT2D eigenvalue weighted by Crippen LogP contribution is -2.54. The smallest absolute Gasteiger partial charge is 0.408 e. The van der Waals surface area contributed by atoms with E-state index in [1.54, 1.807) is 20.8 Å². The molecule has 0 bridgehead atoms. The van der Waals surface area contributed by atoms with Crippen LogP contribution in [0, 0.1) is 0 Å². The van der Waals surface area contributed by atoms with Gasteiger partial charge in [0.25, 0.3) is 0 Å². The number of benzene rings is 2. The molecule has 2 aromatic rings. The maximum atomic E-state index is 13.6. The third-order valence-corrected chi connectivity index (χ3v) is 13.9. The van der Waals surface area contributed by atoms with Crippen LogP contribution >= 0.6 is 0 Å². The first-order valence-electron chi connectivity index (χ1n) is 13.6. The number of hydrogen-bond donors (Lipinski definition) is 2. The van der Waals surface area contributed by atoms with Crippen molar-refractivity contribution in [3.05, 3.63) is 60.7 Å². The van der Waals surface area contributed by atoms with Crippen LogP contribution in [-0.4, -0.2) is 58.9 Å². The second kappa shape index (κ2) is 13.9. The summed E-state index contributed by atoms with van der Waals surface area (Å²) in [5, 5.41) is 8.22. The minimum atomic E-state index is -1.89. The second-order valence-electron chi connectivity index (χ2n) is 12.4. The lowest BCUT2D eigenvalue weighted by atomic mass is 10.1. The first-order valence-corrected chi connectivity index (χ1v) is 20.0. The zero-order chi connectivity index (χ0) is 29.3. The molecule has 0 saturated carbocycles. The predicted octanol–water partition coefficient (Wildman–Crippen LogP) is 4.55. The number of carbonyl (C=O) groups is 3. The fourth-order valence-electron chi connectivity index (χ4n) is 4.46. The average molecular weight is 571 g/mol. The molecule has 9 heteroatoms. The quantitative estimate of drug-likeness (QED) is 0.289. The van der Waals surface area contributed by atoms with Gasteiger partial charge in [0.05, 0.1) is 23.3 Å². The summed E-state index contributed by atoms with van der Waals surface area (Å²) in [4.78, 5) is 38.9. The van der Waals surface area contributed by atoms with Crippen molar-refractivity contribution >= 4 is 44.5 Å². The van der Waals surface area contributed by atoms with Crippen molar-refractivity contribution in [1.29, 1.82) is 0 Å². The van der Waals surface area contributed by atoms with Gasteiger partial charge in [-0.3, -0.25) is 4.79 Å². The fraction of sp³-hybridized carbons (Fsp3) is 0.500. The van der Waals surface area contributed by atoms with Crippen molar-refractivity contribution in [2.75, 3.05) is 7.11 Å². The number of alkyl carbamates (subject to hydrolysis) is 1. The minimum Gasteiger partial charge on any atom is -0.467 e. The molecular weight excluding hydrogens is 525 g/mol. The van der Waals surface area contributed by atoms with Crippen LogP contribution in [0.5, 0.6) is 0 Å². The van der Waals surface area contributed by atoms with E-state index >= 15 is 0 Å². The molecule has 2 atom stereocenters. The van der Waals surface area contributed by atoms with E-state index in [0.717, 1.165) is 12.1 Å². The van der Waals surface area contributed by atoms with Gasteiger partial charge in [-0.05, 0) is 33.6 Å². The summed E-state index contributed by atoms with van der Waals surface area (Å²) >= 11 is 0. The zero-order valence-electron chi connectivity index (χ0n) is 24.8. The summed E-state index contributed by atoms with van der Waals surface area (Å²) < 4.78 is 10.5. The van der Waals surface area contributed by atoms with Gasteiger partial charge in [0.15, 0.2) is 0 Å². The monoisotopic (exact) mass is 570 g/mol. The van der Waals surface area contributed by atoms with Gasteiger partial charge in [-0.2, -0.15) is 0 Å². The lowest BCUT2D eigenvalue weighted by Gasteiger charge is -2.29. The summed E-state index contributed by atoms with van der Waals surface area (Å²) in [6.07, 6.45) is 0.224. The molecule has 0 radical (unpaired) electrons. The average Bonchev–Trinajstić information content (AvgIpc) is 2.88. The van der Waals surface area contributed by atoms with Crippen molar-refractivity contribution < 1.29 is 23.9 Å². The van der Waals surface area contributed by atoms with E-state index in [9.17, 15) is 14.4 Å². The molecule has 0 aliphatic heterocycles. The highest BCUT2D eigenvalue weighted by Gasteiger charge is 2.33. The summed E-state index contributed by atoms with van der Waals surface area (Å²) in [7, 11) is -2.42. The highest BCUT2D eigenvalue weighted by atomic mass is 28.3. The van der Waals surface area contributed by atoms with E-state index in [4.69, 9.17) is 9.47 Å². The van der Waals surface area contributed by atoms with Crippen LogP contribution in [0.4, 0.5) is 4.79 Å². The van der Waals surface area contributed by atoms with Gasteiger partial charge < -0.3 is 20.1 Å². The van der Waals surface area contributed by atoms with Crippen LogP contribution < -0.4 is 21.0 Å². The third kappa shape index (κ3) is 10.6. The second-order valence-corrected chi connectivity index (χ2v) is 22.1. The van der Waals surface area contributed by atoms with Gasteiger partial charge in [0.2, 0.25) is 5.91 Å². The number of ether oxygens (including phenoxy) is 2. The van der Waals surface area contributed by atoms with Gasteiger partial charge in [-0.25, -0.2) is 9.59 Å². The number of amides is 2. The van der Waals surface area contributed by atoms with Crippen molar-refractivity contribution in [2.45, 2.75) is 89.6 Å². The maximum Gasteiger partial charge on any atom is 0.408 e. The normalized spacial score (nSPS) is 13.6. The molecule has 2 rings (SSSR count). The summed E-state index contributed by atoms with van der Waals surface area (Å²) in [6, 6.07) is 20.5. The molecule has 2 amide bonds. The number of carbonyl (C=O) groups excluding carboxylic acids is 3. The van der Waals surface area contributed by atoms with Crippen LogP contribution in [0.25, 0.3) is 0 Å². The van der Waals surface area contributed by atoms with Crippen molar-refractivity contribution in [2.24, 2.45) is 0 Å². The molecule has 0 aliphatic carbocycles. The maximum absolute atomic E-state index is 13.6. The Hall–Kier alpha value is -2.92. The van der Waals surface area contributed by atoms with Crippen molar-refractivity contribution in [3.8, 4) is 0 Å². The van der Waals surface area contributed by atoms with E-state index in [1.165, 1.54) is 17.5 Å². The van der Waals surface area contributed by atoms with Gasteiger partial charge in [-0.15, -0.1) is 0 Å². The molecule has 0 heterocycles. The zero-order valence-corrected chi connectivity index (χ0v) is 26.8. The molecule has 0 unspecified atom stereocenters. The first kappa shape index (κ1) is 32.3. The van der Waals surface area contributed by atoms with E-state index < -0.39 is 51.8 Å². The first-order chi connectivity index (χ1) is 18.1. The minimum absolute atomic E-state index is 0.409. The summed E-state index contributed by atoms with van der Waals surface area (Å²) in [5.41, 5.74) is -0.703. The van der Waals surface area contributed by atoms with E-state index in [1.807, 2.05) is 36.4 Å². The molecule has 0 fully saturated rings. The topological polar surface area (TPSA) is 93.7 Å². The highest BCUT2D eigenvalue weighted by Crippen LogP contribution is 2.18. The van der Waals surface area contributed by atoms with Gasteiger partial charge >= 0.3 is 12.1 Å². The highest BCUT2D eigenvalue weighted by molar-refractivity contribution is 6.90. The fourth-order valence-corrected chi connectivity index (χ4v) is 9.25. The Morgan fingerprint density at radius 3 is 1.59 bits per heavy atom. The Kier molecular flexibility index (Phi) is 11.5. The molecule has 0 spiro atoms. The Balaban J connectivity index is 2.19. The summed E-state index contributed by atoms with van der Waals surface area (Å²) in [5.74, 6) is -0.899. The van der Waals surface area contributed by atoms with Crippen molar-refractivity contribution in [1.82, 2.24) is 10.6 Å². The number of rotatable bonds is 12. The molecule has 0 aliphatic rings. The van der Waals surface area contributed by atoms with E-state index in [2.05, 4.69) is 61.1 Å². The Bertz CT molecular complexity index is 1090. The van der Waals surface area contributed by atoms with E-state index in [0.29, 0.717) is 12.8 Å².